The molecule has 0 bridgehead atoms. The molecule has 0 radical (unpaired) electrons. The molecule has 90 valence electrons. The molecular weight excluding hydrogens is 234 g/mol. The van der Waals surface area contributed by atoms with Crippen LogP contribution in [0, 0.1) is 0 Å². The number of methoxy groups -OCH3 is 1. The first-order valence-electron chi connectivity index (χ1n) is 5.33. The summed E-state index contributed by atoms with van der Waals surface area (Å²) in [5.41, 5.74) is 1.94. The second kappa shape index (κ2) is 4.41. The minimum atomic E-state index is 0.0614. The maximum Gasteiger partial charge on any atom is 0.216 e. The van der Waals surface area contributed by atoms with E-state index in [0.29, 0.717) is 5.88 Å². The summed E-state index contributed by atoms with van der Waals surface area (Å²) in [5, 5.41) is 2.97. The highest BCUT2D eigenvalue weighted by Gasteiger charge is 2.18. The van der Waals surface area contributed by atoms with Crippen molar-refractivity contribution in [1.82, 2.24) is 15.0 Å². The fraction of sp³-hybridized carbons (Fsp3) is 0.417. The molecule has 0 aliphatic rings. The Labute approximate surface area is 105 Å². The normalized spacial score (nSPS) is 11.5. The highest BCUT2D eigenvalue weighted by Crippen LogP contribution is 2.29. The molecule has 0 saturated carbocycles. The number of nitrogens with zero attached hydrogens (tertiary/aromatic N) is 3. The average Bonchev–Trinajstić information content (AvgIpc) is 2.78. The molecule has 0 aliphatic carbocycles. The van der Waals surface area contributed by atoms with E-state index in [2.05, 4.69) is 41.1 Å². The molecule has 2 rings (SSSR count). The van der Waals surface area contributed by atoms with Crippen molar-refractivity contribution >= 4 is 11.3 Å². The first-order valence-corrected chi connectivity index (χ1v) is 6.21. The summed E-state index contributed by atoms with van der Waals surface area (Å²) >= 11 is 1.59. The minimum Gasteiger partial charge on any atom is -0.481 e. The fourth-order valence-corrected chi connectivity index (χ4v) is 2.32. The van der Waals surface area contributed by atoms with Gasteiger partial charge in [-0.05, 0) is 0 Å². The van der Waals surface area contributed by atoms with Crippen LogP contribution in [0.4, 0.5) is 0 Å². The van der Waals surface area contributed by atoms with Gasteiger partial charge in [-0.1, -0.05) is 20.8 Å². The lowest BCUT2D eigenvalue weighted by atomic mass is 9.93. The van der Waals surface area contributed by atoms with Gasteiger partial charge < -0.3 is 4.74 Å². The molecule has 0 aromatic carbocycles. The Hall–Kier alpha value is -1.49. The van der Waals surface area contributed by atoms with E-state index in [9.17, 15) is 0 Å². The number of thiazole rings is 1. The van der Waals surface area contributed by atoms with Crippen LogP contribution in [-0.2, 0) is 5.41 Å². The highest BCUT2D eigenvalue weighted by atomic mass is 32.1. The number of hydrogen-bond donors (Lipinski definition) is 0. The summed E-state index contributed by atoms with van der Waals surface area (Å²) in [5.74, 6) is 0.558. The largest absolute Gasteiger partial charge is 0.481 e. The van der Waals surface area contributed by atoms with E-state index in [1.165, 1.54) is 6.33 Å². The van der Waals surface area contributed by atoms with E-state index < -0.39 is 0 Å². The van der Waals surface area contributed by atoms with E-state index in [-0.39, 0.29) is 5.41 Å². The van der Waals surface area contributed by atoms with Gasteiger partial charge >= 0.3 is 0 Å². The maximum atomic E-state index is 5.08. The Morgan fingerprint density at radius 2 is 2.00 bits per heavy atom. The first kappa shape index (κ1) is 12.0. The van der Waals surface area contributed by atoms with Crippen molar-refractivity contribution in [2.45, 2.75) is 26.2 Å². The van der Waals surface area contributed by atoms with Crippen molar-refractivity contribution in [2.75, 3.05) is 7.11 Å². The summed E-state index contributed by atoms with van der Waals surface area (Å²) in [6.07, 6.45) is 1.49. The lowest BCUT2D eigenvalue weighted by Gasteiger charge is -2.14. The molecule has 0 amide bonds. The van der Waals surface area contributed by atoms with Crippen LogP contribution in [0.1, 0.15) is 26.5 Å². The van der Waals surface area contributed by atoms with Gasteiger partial charge in [-0.15, -0.1) is 11.3 Å². The zero-order valence-corrected chi connectivity index (χ0v) is 11.2. The van der Waals surface area contributed by atoms with Crippen molar-refractivity contribution in [2.24, 2.45) is 0 Å². The molecule has 2 heterocycles. The summed E-state index contributed by atoms with van der Waals surface area (Å²) in [4.78, 5) is 12.8. The molecule has 0 fully saturated rings. The second-order valence-corrected chi connectivity index (χ2v) is 5.59. The van der Waals surface area contributed by atoms with Crippen LogP contribution in [0.25, 0.3) is 10.7 Å². The Morgan fingerprint density at radius 3 is 2.59 bits per heavy atom. The van der Waals surface area contributed by atoms with Gasteiger partial charge in [-0.3, -0.25) is 0 Å². The molecule has 0 unspecified atom stereocenters. The maximum absolute atomic E-state index is 5.08. The van der Waals surface area contributed by atoms with Gasteiger partial charge in [0.15, 0.2) is 0 Å². The molecule has 4 nitrogen and oxygen atoms in total. The van der Waals surface area contributed by atoms with Crippen LogP contribution in [0.3, 0.4) is 0 Å². The van der Waals surface area contributed by atoms with Crippen molar-refractivity contribution in [1.29, 1.82) is 0 Å². The van der Waals surface area contributed by atoms with Gasteiger partial charge in [-0.25, -0.2) is 15.0 Å². The van der Waals surface area contributed by atoms with Gasteiger partial charge in [0.2, 0.25) is 5.88 Å². The standard InChI is InChI=1S/C12H15N3OS/c1-12(2,3)9-6-17-11(15-9)8-5-10(16-4)14-7-13-8/h5-7H,1-4H3. The Bertz CT molecular complexity index is 516. The van der Waals surface area contributed by atoms with Crippen molar-refractivity contribution in [3.8, 4) is 16.6 Å². The third kappa shape index (κ3) is 2.61. The molecule has 2 aromatic rings. The van der Waals surface area contributed by atoms with Crippen LogP contribution >= 0.6 is 11.3 Å². The SMILES string of the molecule is COc1cc(-c2nc(C(C)(C)C)cs2)ncn1. The third-order valence-electron chi connectivity index (χ3n) is 2.34. The van der Waals surface area contributed by atoms with E-state index >= 15 is 0 Å². The average molecular weight is 249 g/mol. The summed E-state index contributed by atoms with van der Waals surface area (Å²) in [6, 6.07) is 1.80. The first-order chi connectivity index (χ1) is 8.00. The van der Waals surface area contributed by atoms with E-state index in [4.69, 9.17) is 4.74 Å². The van der Waals surface area contributed by atoms with E-state index in [1.807, 2.05) is 0 Å². The van der Waals surface area contributed by atoms with Crippen LogP contribution in [0.2, 0.25) is 0 Å². The monoisotopic (exact) mass is 249 g/mol. The smallest absolute Gasteiger partial charge is 0.216 e. The van der Waals surface area contributed by atoms with Gasteiger partial charge in [0.1, 0.15) is 17.0 Å². The molecule has 0 atom stereocenters. The van der Waals surface area contributed by atoms with Gasteiger partial charge in [0.25, 0.3) is 0 Å². The molecule has 5 heteroatoms. The predicted molar refractivity (Wildman–Crippen MR) is 68.4 cm³/mol. The van der Waals surface area contributed by atoms with Gasteiger partial charge in [0.05, 0.1) is 12.8 Å². The van der Waals surface area contributed by atoms with Crippen molar-refractivity contribution < 1.29 is 4.74 Å². The molecule has 17 heavy (non-hydrogen) atoms. The number of hydrogen-bond acceptors (Lipinski definition) is 5. The minimum absolute atomic E-state index is 0.0614. The predicted octanol–water partition coefficient (Wildman–Crippen LogP) is 2.91. The second-order valence-electron chi connectivity index (χ2n) is 4.73. The lowest BCUT2D eigenvalue weighted by molar-refractivity contribution is 0.397. The van der Waals surface area contributed by atoms with Gasteiger partial charge in [0, 0.05) is 16.9 Å². The van der Waals surface area contributed by atoms with Crippen molar-refractivity contribution in [3.63, 3.8) is 0 Å². The summed E-state index contributed by atoms with van der Waals surface area (Å²) in [7, 11) is 1.59. The van der Waals surface area contributed by atoms with E-state index in [1.54, 1.807) is 24.5 Å². The Balaban J connectivity index is 2.37. The van der Waals surface area contributed by atoms with Crippen molar-refractivity contribution in [3.05, 3.63) is 23.5 Å². The molecule has 0 N–H and O–H groups in total. The Morgan fingerprint density at radius 1 is 1.24 bits per heavy atom. The third-order valence-corrected chi connectivity index (χ3v) is 3.21. The molecule has 0 aliphatic heterocycles. The zero-order valence-electron chi connectivity index (χ0n) is 10.4. The lowest BCUT2D eigenvalue weighted by Crippen LogP contribution is -2.11. The topological polar surface area (TPSA) is 47.9 Å². The molecule has 0 saturated heterocycles. The molecular formula is C12H15N3OS. The summed E-state index contributed by atoms with van der Waals surface area (Å²) < 4.78 is 5.08. The fourth-order valence-electron chi connectivity index (χ4n) is 1.30. The number of ether oxygens (including phenoxy) is 1. The molecule has 2 aromatic heterocycles. The van der Waals surface area contributed by atoms with Crippen LogP contribution in [0.5, 0.6) is 5.88 Å². The van der Waals surface area contributed by atoms with Crippen LogP contribution in [-0.4, -0.2) is 22.1 Å². The summed E-state index contributed by atoms with van der Waals surface area (Å²) in [6.45, 7) is 6.44. The highest BCUT2D eigenvalue weighted by molar-refractivity contribution is 7.13. The van der Waals surface area contributed by atoms with Gasteiger partial charge in [-0.2, -0.15) is 0 Å². The Kier molecular flexibility index (Phi) is 3.11. The van der Waals surface area contributed by atoms with Crippen LogP contribution < -0.4 is 4.74 Å². The zero-order chi connectivity index (χ0) is 12.5. The quantitative estimate of drug-likeness (QED) is 0.821. The van der Waals surface area contributed by atoms with E-state index in [0.717, 1.165) is 16.4 Å². The molecule has 0 spiro atoms. The number of rotatable bonds is 2. The van der Waals surface area contributed by atoms with Crippen LogP contribution in [0.15, 0.2) is 17.8 Å². The number of aromatic nitrogens is 3.